The van der Waals surface area contributed by atoms with Crippen molar-refractivity contribution in [2.45, 2.75) is 24.9 Å². The van der Waals surface area contributed by atoms with Gasteiger partial charge >= 0.3 is 11.7 Å². The molecule has 5 heteroatoms. The Morgan fingerprint density at radius 2 is 2.25 bits per heavy atom. The van der Waals surface area contributed by atoms with Crippen molar-refractivity contribution in [1.82, 2.24) is 0 Å². The number of ether oxygens (including phenoxy) is 1. The first kappa shape index (κ1) is 8.90. The second kappa shape index (κ2) is 3.05. The Hall–Kier alpha value is -1.19. The van der Waals surface area contributed by atoms with Gasteiger partial charge in [-0.05, 0) is 19.3 Å². The lowest BCUT2D eigenvalue weighted by molar-refractivity contribution is -0.142. The van der Waals surface area contributed by atoms with Crippen LogP contribution in [0.4, 0.5) is 0 Å². The largest absolute Gasteiger partial charge is 0.460 e. The molecule has 0 aromatic heterocycles. The number of carbonyl (C=O) groups is 1. The van der Waals surface area contributed by atoms with Crippen molar-refractivity contribution in [2.75, 3.05) is 7.11 Å². The molecule has 12 heavy (non-hydrogen) atoms. The molecule has 5 nitrogen and oxygen atoms in total. The highest BCUT2D eigenvalue weighted by molar-refractivity contribution is 6.37. The number of esters is 1. The summed E-state index contributed by atoms with van der Waals surface area (Å²) in [6.07, 6.45) is 1.72. The van der Waals surface area contributed by atoms with E-state index in [1.807, 2.05) is 0 Å². The number of carbonyl (C=O) groups excluding carboxylic acids is 1. The number of nitrogens with zero attached hydrogens (tertiary/aromatic N) is 2. The maximum Gasteiger partial charge on any atom is 0.419 e. The van der Waals surface area contributed by atoms with Crippen molar-refractivity contribution in [3.05, 3.63) is 5.53 Å². The molecular weight excluding hydrogens is 160 g/mol. The van der Waals surface area contributed by atoms with Crippen LogP contribution in [0.2, 0.25) is 0 Å². The van der Waals surface area contributed by atoms with Gasteiger partial charge in [-0.2, -0.15) is 4.79 Å². The van der Waals surface area contributed by atoms with Gasteiger partial charge in [-0.25, -0.2) is 4.79 Å². The summed E-state index contributed by atoms with van der Waals surface area (Å²) in [4.78, 5) is 13.7. The van der Waals surface area contributed by atoms with Crippen LogP contribution in [0.3, 0.4) is 0 Å². The van der Waals surface area contributed by atoms with Gasteiger partial charge in [0.1, 0.15) is 0 Å². The van der Waals surface area contributed by atoms with E-state index in [1.165, 1.54) is 7.11 Å². The zero-order valence-corrected chi connectivity index (χ0v) is 6.78. The predicted octanol–water partition coefficient (Wildman–Crippen LogP) is -0.255. The van der Waals surface area contributed by atoms with Gasteiger partial charge in [-0.1, -0.05) is 0 Å². The lowest BCUT2D eigenvalue weighted by Gasteiger charge is -2.30. The van der Waals surface area contributed by atoms with Crippen molar-refractivity contribution >= 4 is 11.7 Å². The second-order valence-electron chi connectivity index (χ2n) is 2.83. The minimum atomic E-state index is -1.26. The zero-order valence-electron chi connectivity index (χ0n) is 6.78. The molecule has 1 N–H and O–H groups in total. The van der Waals surface area contributed by atoms with Gasteiger partial charge in [-0.3, -0.25) is 0 Å². The van der Waals surface area contributed by atoms with Gasteiger partial charge in [0.2, 0.25) is 0 Å². The third kappa shape index (κ3) is 1.24. The van der Waals surface area contributed by atoms with Crippen molar-refractivity contribution in [1.29, 1.82) is 0 Å². The maximum atomic E-state index is 10.9. The summed E-state index contributed by atoms with van der Waals surface area (Å²) < 4.78 is 4.34. The molecule has 1 saturated carbocycles. The summed E-state index contributed by atoms with van der Waals surface area (Å²) in [6, 6.07) is 0. The standard InChI is InChI=1S/C7H10N2O3/c1-12-6(10)5(9-8)7(11)3-2-4-7/h11H,2-4H2,1H3. The zero-order chi connectivity index (χ0) is 9.19. The number of rotatable bonds is 2. The Labute approximate surface area is 69.6 Å². The van der Waals surface area contributed by atoms with E-state index in [0.717, 1.165) is 6.42 Å². The van der Waals surface area contributed by atoms with Gasteiger partial charge in [-0.15, -0.1) is 0 Å². The van der Waals surface area contributed by atoms with Gasteiger partial charge in [0.05, 0.1) is 7.11 Å². The van der Waals surface area contributed by atoms with Crippen molar-refractivity contribution in [2.24, 2.45) is 0 Å². The molecule has 0 saturated heterocycles. The molecule has 1 rings (SSSR count). The number of hydrogen-bond donors (Lipinski definition) is 1. The van der Waals surface area contributed by atoms with Crippen molar-refractivity contribution in [3.63, 3.8) is 0 Å². The van der Waals surface area contributed by atoms with Gasteiger partial charge < -0.3 is 15.4 Å². The quantitative estimate of drug-likeness (QED) is 0.268. The van der Waals surface area contributed by atoms with Crippen molar-refractivity contribution < 1.29 is 19.4 Å². The molecule has 0 radical (unpaired) electrons. The SMILES string of the molecule is COC(=O)C(=[N+]=[N-])C1(O)CCC1. The van der Waals surface area contributed by atoms with Crippen LogP contribution in [0.15, 0.2) is 0 Å². The third-order valence-electron chi connectivity index (χ3n) is 2.10. The maximum absolute atomic E-state index is 10.9. The van der Waals surface area contributed by atoms with Crippen molar-refractivity contribution in [3.8, 4) is 0 Å². The smallest absolute Gasteiger partial charge is 0.419 e. The normalized spacial score (nSPS) is 18.8. The first-order valence-electron chi connectivity index (χ1n) is 3.67. The summed E-state index contributed by atoms with van der Waals surface area (Å²) >= 11 is 0. The summed E-state index contributed by atoms with van der Waals surface area (Å²) in [5.41, 5.74) is 6.90. The summed E-state index contributed by atoms with van der Waals surface area (Å²) in [5.74, 6) is -0.778. The lowest BCUT2D eigenvalue weighted by Crippen LogP contribution is -2.49. The van der Waals surface area contributed by atoms with E-state index >= 15 is 0 Å². The van der Waals surface area contributed by atoms with Crippen LogP contribution in [-0.2, 0) is 9.53 Å². The van der Waals surface area contributed by atoms with E-state index in [4.69, 9.17) is 5.53 Å². The first-order chi connectivity index (χ1) is 5.64. The Morgan fingerprint density at radius 1 is 1.67 bits per heavy atom. The first-order valence-corrected chi connectivity index (χ1v) is 3.67. The predicted molar refractivity (Wildman–Crippen MR) is 39.4 cm³/mol. The molecular formula is C7H10N2O3. The fraction of sp³-hybridized carbons (Fsp3) is 0.714. The fourth-order valence-corrected chi connectivity index (χ4v) is 1.17. The van der Waals surface area contributed by atoms with Crippen LogP contribution >= 0.6 is 0 Å². The Balaban J connectivity index is 2.83. The molecule has 0 unspecified atom stereocenters. The average Bonchev–Trinajstić information content (AvgIpc) is 2.02. The molecule has 0 bridgehead atoms. The Morgan fingerprint density at radius 3 is 2.50 bits per heavy atom. The van der Waals surface area contributed by atoms with Gasteiger partial charge in [0, 0.05) is 0 Å². The highest BCUT2D eigenvalue weighted by atomic mass is 16.5. The molecule has 0 aromatic carbocycles. The summed E-state index contributed by atoms with van der Waals surface area (Å²) in [6.45, 7) is 0. The van der Waals surface area contributed by atoms with Crippen LogP contribution < -0.4 is 0 Å². The molecule has 66 valence electrons. The van der Waals surface area contributed by atoms with Gasteiger partial charge in [0.15, 0.2) is 5.60 Å². The Bertz CT molecular complexity index is 251. The molecule has 0 spiro atoms. The molecule has 1 aliphatic rings. The van der Waals surface area contributed by atoms with E-state index in [2.05, 4.69) is 9.53 Å². The fourth-order valence-electron chi connectivity index (χ4n) is 1.17. The van der Waals surface area contributed by atoms with Crippen LogP contribution in [0.5, 0.6) is 0 Å². The second-order valence-corrected chi connectivity index (χ2v) is 2.83. The minimum absolute atomic E-state index is 0.295. The molecule has 1 aliphatic carbocycles. The van der Waals surface area contributed by atoms with Crippen LogP contribution in [0, 0.1) is 0 Å². The topological polar surface area (TPSA) is 82.9 Å². The minimum Gasteiger partial charge on any atom is -0.460 e. The lowest BCUT2D eigenvalue weighted by atomic mass is 9.76. The molecule has 0 aromatic rings. The van der Waals surface area contributed by atoms with E-state index in [-0.39, 0.29) is 5.71 Å². The highest BCUT2D eigenvalue weighted by Gasteiger charge is 2.50. The van der Waals surface area contributed by atoms with Crippen LogP contribution in [0.25, 0.3) is 5.53 Å². The van der Waals surface area contributed by atoms with E-state index in [0.29, 0.717) is 12.8 Å². The van der Waals surface area contributed by atoms with E-state index < -0.39 is 11.6 Å². The molecule has 0 heterocycles. The van der Waals surface area contributed by atoms with Gasteiger partial charge in [0.25, 0.3) is 0 Å². The van der Waals surface area contributed by atoms with Crippen LogP contribution in [-0.4, -0.2) is 34.3 Å². The molecule has 0 aliphatic heterocycles. The monoisotopic (exact) mass is 170 g/mol. The van der Waals surface area contributed by atoms with E-state index in [9.17, 15) is 9.90 Å². The highest BCUT2D eigenvalue weighted by Crippen LogP contribution is 2.32. The summed E-state index contributed by atoms with van der Waals surface area (Å²) in [5, 5.41) is 9.58. The average molecular weight is 170 g/mol. The number of aliphatic hydroxyl groups is 1. The molecule has 0 amide bonds. The van der Waals surface area contributed by atoms with E-state index in [1.54, 1.807) is 0 Å². The third-order valence-corrected chi connectivity index (χ3v) is 2.10. The number of hydrogen-bond acceptors (Lipinski definition) is 3. The molecule has 0 atom stereocenters. The summed E-state index contributed by atoms with van der Waals surface area (Å²) in [7, 11) is 1.18. The molecule has 1 fully saturated rings. The Kier molecular flexibility index (Phi) is 2.26. The van der Waals surface area contributed by atoms with Crippen LogP contribution in [0.1, 0.15) is 19.3 Å². The number of methoxy groups -OCH3 is 1.